The maximum Gasteiger partial charge on any atom is 0.459 e. The van der Waals surface area contributed by atoms with Crippen molar-refractivity contribution in [3.63, 3.8) is 0 Å². The molecule has 5 nitrogen and oxygen atoms in total. The van der Waals surface area contributed by atoms with Gasteiger partial charge in [0.05, 0.1) is 0 Å². The normalized spacial score (nSPS) is 20.9. The fraction of sp³-hybridized carbons (Fsp3) is 0.556. The Hall–Kier alpha value is -2.23. The number of rotatable bonds is 4. The SMILES string of the molecule is Cc1ccccc1OCC(=O)N1N=C(C(F)(F)C(F)(F)F)C[C@]1(O)C(C)(C)C. The molecule has 1 heterocycles. The van der Waals surface area contributed by atoms with E-state index in [2.05, 4.69) is 5.10 Å². The lowest BCUT2D eigenvalue weighted by Crippen LogP contribution is -2.56. The Morgan fingerprint density at radius 2 is 1.79 bits per heavy atom. The maximum atomic E-state index is 13.8. The van der Waals surface area contributed by atoms with Crippen LogP contribution in [0.15, 0.2) is 29.4 Å². The van der Waals surface area contributed by atoms with E-state index < -0.39 is 47.9 Å². The molecular formula is C18H21F5N2O3. The molecule has 1 amide bonds. The number of nitrogens with zero attached hydrogens (tertiary/aromatic N) is 2. The summed E-state index contributed by atoms with van der Waals surface area (Å²) in [6.45, 7) is 5.22. The Morgan fingerprint density at radius 3 is 2.29 bits per heavy atom. The van der Waals surface area contributed by atoms with Crippen molar-refractivity contribution in [3.05, 3.63) is 29.8 Å². The molecule has 0 radical (unpaired) electrons. The van der Waals surface area contributed by atoms with Gasteiger partial charge in [-0.3, -0.25) is 4.79 Å². The van der Waals surface area contributed by atoms with Crippen LogP contribution in [-0.2, 0) is 4.79 Å². The number of hydrazone groups is 1. The van der Waals surface area contributed by atoms with Crippen LogP contribution >= 0.6 is 0 Å². The summed E-state index contributed by atoms with van der Waals surface area (Å²) < 4.78 is 71.1. The lowest BCUT2D eigenvalue weighted by molar-refractivity contribution is -0.250. The van der Waals surface area contributed by atoms with Crippen molar-refractivity contribution in [2.45, 2.75) is 51.9 Å². The van der Waals surface area contributed by atoms with E-state index in [9.17, 15) is 31.9 Å². The van der Waals surface area contributed by atoms with E-state index in [-0.39, 0.29) is 5.01 Å². The molecule has 0 saturated heterocycles. The van der Waals surface area contributed by atoms with E-state index in [1.54, 1.807) is 31.2 Å². The van der Waals surface area contributed by atoms with Gasteiger partial charge >= 0.3 is 12.1 Å². The topological polar surface area (TPSA) is 62.1 Å². The minimum Gasteiger partial charge on any atom is -0.483 e. The van der Waals surface area contributed by atoms with Gasteiger partial charge in [0.25, 0.3) is 5.91 Å². The quantitative estimate of drug-likeness (QED) is 0.769. The third-order valence-electron chi connectivity index (χ3n) is 4.59. The molecule has 1 aliphatic heterocycles. The van der Waals surface area contributed by atoms with Gasteiger partial charge in [0.15, 0.2) is 12.3 Å². The number of para-hydroxylation sites is 1. The summed E-state index contributed by atoms with van der Waals surface area (Å²) in [6, 6.07) is 6.66. The van der Waals surface area contributed by atoms with Crippen LogP contribution in [0.1, 0.15) is 32.8 Å². The highest BCUT2D eigenvalue weighted by Gasteiger charge is 2.66. The van der Waals surface area contributed by atoms with Crippen LogP contribution in [0.4, 0.5) is 22.0 Å². The highest BCUT2D eigenvalue weighted by molar-refractivity contribution is 5.96. The van der Waals surface area contributed by atoms with E-state index in [1.807, 2.05) is 0 Å². The zero-order chi connectivity index (χ0) is 21.5. The number of halogens is 5. The van der Waals surface area contributed by atoms with E-state index in [0.717, 1.165) is 0 Å². The molecule has 1 aliphatic rings. The zero-order valence-corrected chi connectivity index (χ0v) is 15.8. The molecule has 1 aromatic rings. The highest BCUT2D eigenvalue weighted by atomic mass is 19.4. The molecule has 0 fully saturated rings. The summed E-state index contributed by atoms with van der Waals surface area (Å²) in [4.78, 5) is 12.5. The predicted octanol–water partition coefficient (Wildman–Crippen LogP) is 3.89. The van der Waals surface area contributed by atoms with E-state index in [0.29, 0.717) is 11.3 Å². The van der Waals surface area contributed by atoms with Gasteiger partial charge in [-0.2, -0.15) is 32.1 Å². The number of carbonyl (C=O) groups is 1. The van der Waals surface area contributed by atoms with E-state index in [1.165, 1.54) is 20.8 Å². The Balaban J connectivity index is 2.34. The smallest absolute Gasteiger partial charge is 0.459 e. The number of hydrogen-bond acceptors (Lipinski definition) is 4. The fourth-order valence-electron chi connectivity index (χ4n) is 2.65. The summed E-state index contributed by atoms with van der Waals surface area (Å²) in [5.41, 5.74) is -4.57. The van der Waals surface area contributed by atoms with Gasteiger partial charge in [-0.1, -0.05) is 39.0 Å². The van der Waals surface area contributed by atoms with Crippen LogP contribution in [0.5, 0.6) is 5.75 Å². The van der Waals surface area contributed by atoms with Crippen molar-refractivity contribution in [3.8, 4) is 5.75 Å². The first kappa shape index (κ1) is 22.1. The van der Waals surface area contributed by atoms with Crippen molar-refractivity contribution >= 4 is 11.6 Å². The van der Waals surface area contributed by atoms with Crippen LogP contribution in [0.3, 0.4) is 0 Å². The summed E-state index contributed by atoms with van der Waals surface area (Å²) >= 11 is 0. The Morgan fingerprint density at radius 1 is 1.21 bits per heavy atom. The second-order valence-corrected chi connectivity index (χ2v) is 7.62. The minimum atomic E-state index is -5.90. The van der Waals surface area contributed by atoms with Crippen LogP contribution in [0, 0.1) is 12.3 Å². The Labute approximate surface area is 158 Å². The van der Waals surface area contributed by atoms with Crippen LogP contribution < -0.4 is 4.74 Å². The number of benzene rings is 1. The average molecular weight is 408 g/mol. The van der Waals surface area contributed by atoms with E-state index in [4.69, 9.17) is 4.74 Å². The number of aryl methyl sites for hydroxylation is 1. The van der Waals surface area contributed by atoms with Crippen molar-refractivity contribution in [2.24, 2.45) is 10.5 Å². The first-order valence-corrected chi connectivity index (χ1v) is 8.37. The molecule has 1 atom stereocenters. The van der Waals surface area contributed by atoms with Crippen LogP contribution in [0.25, 0.3) is 0 Å². The summed E-state index contributed by atoms with van der Waals surface area (Å²) in [5, 5.41) is 14.3. The third-order valence-corrected chi connectivity index (χ3v) is 4.59. The average Bonchev–Trinajstić information content (AvgIpc) is 2.92. The van der Waals surface area contributed by atoms with Crippen molar-refractivity contribution < 1.29 is 36.6 Å². The van der Waals surface area contributed by atoms with Crippen LogP contribution in [-0.4, -0.2) is 46.2 Å². The largest absolute Gasteiger partial charge is 0.483 e. The van der Waals surface area contributed by atoms with Gasteiger partial charge in [-0.25, -0.2) is 0 Å². The number of amides is 1. The third kappa shape index (κ3) is 3.82. The monoisotopic (exact) mass is 408 g/mol. The number of aliphatic hydroxyl groups is 1. The number of alkyl halides is 5. The molecule has 0 saturated carbocycles. The lowest BCUT2D eigenvalue weighted by Gasteiger charge is -2.41. The lowest BCUT2D eigenvalue weighted by atomic mass is 9.79. The molecular weight excluding hydrogens is 387 g/mol. The molecule has 0 unspecified atom stereocenters. The second kappa shape index (κ2) is 6.98. The predicted molar refractivity (Wildman–Crippen MR) is 91.0 cm³/mol. The number of ether oxygens (including phenoxy) is 1. The van der Waals surface area contributed by atoms with Gasteiger partial charge in [0.1, 0.15) is 11.5 Å². The molecule has 10 heteroatoms. The van der Waals surface area contributed by atoms with Crippen LogP contribution in [0.2, 0.25) is 0 Å². The molecule has 0 spiro atoms. The molecule has 1 aromatic carbocycles. The molecule has 0 bridgehead atoms. The Bertz CT molecular complexity index is 786. The molecule has 28 heavy (non-hydrogen) atoms. The van der Waals surface area contributed by atoms with E-state index >= 15 is 0 Å². The fourth-order valence-corrected chi connectivity index (χ4v) is 2.65. The summed E-state index contributed by atoms with van der Waals surface area (Å²) in [5.74, 6) is -5.99. The molecule has 156 valence electrons. The van der Waals surface area contributed by atoms with Gasteiger partial charge in [0.2, 0.25) is 0 Å². The van der Waals surface area contributed by atoms with Gasteiger partial charge in [0, 0.05) is 11.8 Å². The van der Waals surface area contributed by atoms with Crippen molar-refractivity contribution in [2.75, 3.05) is 6.61 Å². The first-order chi connectivity index (χ1) is 12.6. The van der Waals surface area contributed by atoms with Gasteiger partial charge in [-0.05, 0) is 18.6 Å². The molecule has 0 aliphatic carbocycles. The summed E-state index contributed by atoms with van der Waals surface area (Å²) in [6.07, 6.45) is -7.04. The minimum absolute atomic E-state index is 0.278. The van der Waals surface area contributed by atoms with Crippen molar-refractivity contribution in [1.82, 2.24) is 5.01 Å². The molecule has 1 N–H and O–H groups in total. The second-order valence-electron chi connectivity index (χ2n) is 7.62. The molecule has 2 rings (SSSR count). The standard InChI is InChI=1S/C18H21F5N2O3/c1-11-7-5-6-8-12(11)28-10-14(26)25-16(27,15(2,3)4)9-13(24-25)17(19,20)18(21,22)23/h5-8,27H,9-10H2,1-4H3/t16-/m0/s1. The zero-order valence-electron chi connectivity index (χ0n) is 15.8. The number of carbonyl (C=O) groups excluding carboxylic acids is 1. The van der Waals surface area contributed by atoms with Gasteiger partial charge < -0.3 is 9.84 Å². The highest BCUT2D eigenvalue weighted by Crippen LogP contribution is 2.47. The molecule has 0 aromatic heterocycles. The number of hydrogen-bond donors (Lipinski definition) is 1. The maximum absolute atomic E-state index is 13.8. The van der Waals surface area contributed by atoms with Gasteiger partial charge in [-0.15, -0.1) is 0 Å². The Kier molecular flexibility index (Phi) is 5.50. The van der Waals surface area contributed by atoms with Crippen molar-refractivity contribution in [1.29, 1.82) is 0 Å². The summed E-state index contributed by atoms with van der Waals surface area (Å²) in [7, 11) is 0. The first-order valence-electron chi connectivity index (χ1n) is 8.37.